The number of likely N-dealkylation sites (N-methyl/N-ethyl adjacent to an activating group) is 1. The normalized spacial score (nSPS) is 11.0. The summed E-state index contributed by atoms with van der Waals surface area (Å²) in [5.41, 5.74) is 2.00. The largest absolute Gasteiger partial charge is 0.351 e. The van der Waals surface area contributed by atoms with E-state index in [2.05, 4.69) is 29.2 Å². The smallest absolute Gasteiger partial charge is 0.254 e. The maximum atomic E-state index is 13.0. The van der Waals surface area contributed by atoms with Gasteiger partial charge in [-0.15, -0.1) is 0 Å². The highest BCUT2D eigenvalue weighted by molar-refractivity contribution is 5.95. The topological polar surface area (TPSA) is 50.2 Å². The molecule has 0 fully saturated rings. The van der Waals surface area contributed by atoms with Crippen molar-refractivity contribution < 1.29 is 9.18 Å². The van der Waals surface area contributed by atoms with Crippen molar-refractivity contribution in [3.63, 3.8) is 0 Å². The Balaban J connectivity index is 2.03. The Morgan fingerprint density at radius 1 is 1.26 bits per heavy atom. The van der Waals surface area contributed by atoms with E-state index in [4.69, 9.17) is 0 Å². The summed E-state index contributed by atoms with van der Waals surface area (Å²) < 4.78 is 14.6. The van der Waals surface area contributed by atoms with E-state index in [0.717, 1.165) is 31.0 Å². The summed E-state index contributed by atoms with van der Waals surface area (Å²) in [4.78, 5) is 14.5. The molecule has 6 heteroatoms. The Hall–Kier alpha value is -2.21. The predicted molar refractivity (Wildman–Crippen MR) is 88.4 cm³/mol. The van der Waals surface area contributed by atoms with Crippen molar-refractivity contribution in [3.8, 4) is 5.69 Å². The summed E-state index contributed by atoms with van der Waals surface area (Å²) in [5.74, 6) is -0.434. The van der Waals surface area contributed by atoms with Crippen LogP contribution in [-0.2, 0) is 0 Å². The van der Waals surface area contributed by atoms with Crippen LogP contribution >= 0.6 is 0 Å². The van der Waals surface area contributed by atoms with Crippen LogP contribution < -0.4 is 5.32 Å². The van der Waals surface area contributed by atoms with E-state index in [1.54, 1.807) is 23.0 Å². The molecule has 0 aliphatic heterocycles. The van der Waals surface area contributed by atoms with E-state index in [1.807, 2.05) is 6.92 Å². The van der Waals surface area contributed by atoms with Gasteiger partial charge in [0.25, 0.3) is 5.91 Å². The SMILES string of the molecule is CCN(CC)CCNC(=O)c1cnn(-c2ccc(F)cc2)c1C. The molecule has 0 radical (unpaired) electrons. The summed E-state index contributed by atoms with van der Waals surface area (Å²) >= 11 is 0. The first-order valence-corrected chi connectivity index (χ1v) is 7.88. The number of nitrogens with one attached hydrogen (secondary N) is 1. The van der Waals surface area contributed by atoms with Gasteiger partial charge < -0.3 is 10.2 Å². The van der Waals surface area contributed by atoms with Crippen molar-refractivity contribution >= 4 is 5.91 Å². The van der Waals surface area contributed by atoms with Gasteiger partial charge in [-0.3, -0.25) is 4.79 Å². The van der Waals surface area contributed by atoms with Gasteiger partial charge in [0, 0.05) is 13.1 Å². The molecular weight excluding hydrogens is 295 g/mol. The lowest BCUT2D eigenvalue weighted by Crippen LogP contribution is -2.34. The monoisotopic (exact) mass is 318 g/mol. The lowest BCUT2D eigenvalue weighted by Gasteiger charge is -2.17. The third-order valence-corrected chi connectivity index (χ3v) is 3.93. The number of benzene rings is 1. The summed E-state index contributed by atoms with van der Waals surface area (Å²) in [6.45, 7) is 9.38. The number of aromatic nitrogens is 2. The summed E-state index contributed by atoms with van der Waals surface area (Å²) in [5, 5.41) is 7.15. The molecule has 1 heterocycles. The molecule has 1 aromatic heterocycles. The molecule has 1 aromatic carbocycles. The van der Waals surface area contributed by atoms with Gasteiger partial charge in [0.2, 0.25) is 0 Å². The van der Waals surface area contributed by atoms with Crippen LogP contribution in [0.5, 0.6) is 0 Å². The summed E-state index contributed by atoms with van der Waals surface area (Å²) in [6.07, 6.45) is 1.55. The van der Waals surface area contributed by atoms with E-state index in [9.17, 15) is 9.18 Å². The number of nitrogens with zero attached hydrogens (tertiary/aromatic N) is 3. The van der Waals surface area contributed by atoms with Crippen molar-refractivity contribution in [2.75, 3.05) is 26.2 Å². The van der Waals surface area contributed by atoms with E-state index in [-0.39, 0.29) is 11.7 Å². The highest BCUT2D eigenvalue weighted by Crippen LogP contribution is 2.14. The van der Waals surface area contributed by atoms with Crippen LogP contribution in [0.3, 0.4) is 0 Å². The van der Waals surface area contributed by atoms with Crippen molar-refractivity contribution in [2.24, 2.45) is 0 Å². The average molecular weight is 318 g/mol. The number of hydrogen-bond acceptors (Lipinski definition) is 3. The Labute approximate surface area is 136 Å². The number of carbonyl (C=O) groups is 1. The molecule has 1 amide bonds. The van der Waals surface area contributed by atoms with Gasteiger partial charge in [0.1, 0.15) is 5.82 Å². The maximum Gasteiger partial charge on any atom is 0.254 e. The number of hydrogen-bond donors (Lipinski definition) is 1. The van der Waals surface area contributed by atoms with Gasteiger partial charge >= 0.3 is 0 Å². The Kier molecular flexibility index (Phi) is 5.87. The molecular formula is C17H23FN4O. The molecule has 23 heavy (non-hydrogen) atoms. The molecule has 1 N–H and O–H groups in total. The number of rotatable bonds is 7. The Morgan fingerprint density at radius 2 is 1.91 bits per heavy atom. The molecule has 0 saturated carbocycles. The molecule has 0 aliphatic carbocycles. The van der Waals surface area contributed by atoms with Gasteiger partial charge in [-0.25, -0.2) is 9.07 Å². The fourth-order valence-corrected chi connectivity index (χ4v) is 2.44. The minimum atomic E-state index is -0.298. The lowest BCUT2D eigenvalue weighted by atomic mass is 10.2. The van der Waals surface area contributed by atoms with Gasteiger partial charge in [-0.1, -0.05) is 13.8 Å². The van der Waals surface area contributed by atoms with Gasteiger partial charge in [0.15, 0.2) is 0 Å². The minimum Gasteiger partial charge on any atom is -0.351 e. The molecule has 5 nitrogen and oxygen atoms in total. The molecule has 124 valence electrons. The van der Waals surface area contributed by atoms with Gasteiger partial charge in [0.05, 0.1) is 23.1 Å². The highest BCUT2D eigenvalue weighted by Gasteiger charge is 2.15. The van der Waals surface area contributed by atoms with Crippen LogP contribution in [0.1, 0.15) is 29.9 Å². The third kappa shape index (κ3) is 4.16. The predicted octanol–water partition coefficient (Wildman–Crippen LogP) is 2.39. The number of carbonyl (C=O) groups excluding carboxylic acids is 1. The maximum absolute atomic E-state index is 13.0. The van der Waals surface area contributed by atoms with E-state index in [0.29, 0.717) is 12.1 Å². The van der Waals surface area contributed by atoms with E-state index in [1.165, 1.54) is 12.1 Å². The van der Waals surface area contributed by atoms with Crippen LogP contribution in [0.25, 0.3) is 5.69 Å². The van der Waals surface area contributed by atoms with Crippen molar-refractivity contribution in [1.29, 1.82) is 0 Å². The first-order valence-electron chi connectivity index (χ1n) is 7.88. The number of halogens is 1. The lowest BCUT2D eigenvalue weighted by molar-refractivity contribution is 0.0948. The van der Waals surface area contributed by atoms with E-state index < -0.39 is 0 Å². The fourth-order valence-electron chi connectivity index (χ4n) is 2.44. The Bertz CT molecular complexity index is 647. The first-order chi connectivity index (χ1) is 11.1. The minimum absolute atomic E-state index is 0.136. The number of amides is 1. The molecule has 0 atom stereocenters. The molecule has 0 unspecified atom stereocenters. The molecule has 2 aromatic rings. The summed E-state index contributed by atoms with van der Waals surface area (Å²) in [6, 6.07) is 6.02. The van der Waals surface area contributed by atoms with Crippen molar-refractivity contribution in [2.45, 2.75) is 20.8 Å². The third-order valence-electron chi connectivity index (χ3n) is 3.93. The zero-order valence-corrected chi connectivity index (χ0v) is 13.8. The quantitative estimate of drug-likeness (QED) is 0.853. The van der Waals surface area contributed by atoms with Crippen LogP contribution in [0.2, 0.25) is 0 Å². The van der Waals surface area contributed by atoms with E-state index >= 15 is 0 Å². The average Bonchev–Trinajstić information content (AvgIpc) is 2.94. The van der Waals surface area contributed by atoms with Gasteiger partial charge in [-0.05, 0) is 44.3 Å². The van der Waals surface area contributed by atoms with Crippen molar-refractivity contribution in [1.82, 2.24) is 20.0 Å². The zero-order valence-electron chi connectivity index (χ0n) is 13.8. The molecule has 2 rings (SSSR count). The van der Waals surface area contributed by atoms with Crippen LogP contribution in [0.15, 0.2) is 30.5 Å². The van der Waals surface area contributed by atoms with Crippen LogP contribution in [0, 0.1) is 12.7 Å². The molecule has 0 bridgehead atoms. The first kappa shape index (κ1) is 17.1. The van der Waals surface area contributed by atoms with Gasteiger partial charge in [-0.2, -0.15) is 5.10 Å². The fraction of sp³-hybridized carbons (Fsp3) is 0.412. The second-order valence-corrected chi connectivity index (χ2v) is 5.31. The Morgan fingerprint density at radius 3 is 2.52 bits per heavy atom. The standard InChI is InChI=1S/C17H23FN4O/c1-4-21(5-2)11-10-19-17(23)16-12-20-22(13(16)3)15-8-6-14(18)7-9-15/h6-9,12H,4-5,10-11H2,1-3H3,(H,19,23). The second kappa shape index (κ2) is 7.87. The van der Waals surface area contributed by atoms with Crippen LogP contribution in [0.4, 0.5) is 4.39 Å². The zero-order chi connectivity index (χ0) is 16.8. The molecule has 0 aliphatic rings. The highest BCUT2D eigenvalue weighted by atomic mass is 19.1. The molecule has 0 saturated heterocycles. The van der Waals surface area contributed by atoms with Crippen LogP contribution in [-0.4, -0.2) is 46.8 Å². The summed E-state index contributed by atoms with van der Waals surface area (Å²) in [7, 11) is 0. The second-order valence-electron chi connectivity index (χ2n) is 5.31. The molecule has 0 spiro atoms. The van der Waals surface area contributed by atoms with Crippen molar-refractivity contribution in [3.05, 3.63) is 47.5 Å².